The number of ether oxygens (including phenoxy) is 1. The minimum atomic E-state index is 0.227. The van der Waals surface area contributed by atoms with Gasteiger partial charge in [-0.3, -0.25) is 9.69 Å². The Labute approximate surface area is 138 Å². The highest BCUT2D eigenvalue weighted by molar-refractivity contribution is 7.11. The lowest BCUT2D eigenvalue weighted by atomic mass is 10.2. The molecule has 1 aliphatic rings. The highest BCUT2D eigenvalue weighted by atomic mass is 32.1. The lowest BCUT2D eigenvalue weighted by molar-refractivity contribution is -0.133. The van der Waals surface area contributed by atoms with Crippen molar-refractivity contribution in [3.8, 4) is 0 Å². The third kappa shape index (κ3) is 5.71. The molecule has 0 atom stereocenters. The van der Waals surface area contributed by atoms with Crippen LogP contribution in [0.4, 0.5) is 0 Å². The highest BCUT2D eigenvalue weighted by Gasteiger charge is 2.19. The average Bonchev–Trinajstić information content (AvgIpc) is 2.74. The van der Waals surface area contributed by atoms with Crippen LogP contribution >= 0.6 is 11.3 Å². The van der Waals surface area contributed by atoms with Gasteiger partial charge in [-0.05, 0) is 45.0 Å². The van der Waals surface area contributed by atoms with Crippen molar-refractivity contribution in [2.45, 2.75) is 39.2 Å². The van der Waals surface area contributed by atoms with Gasteiger partial charge in [-0.1, -0.05) is 12.8 Å². The molecule has 0 radical (unpaired) electrons. The zero-order valence-electron chi connectivity index (χ0n) is 13.8. The van der Waals surface area contributed by atoms with Crippen LogP contribution in [0.1, 0.15) is 35.4 Å². The van der Waals surface area contributed by atoms with Gasteiger partial charge in [0.2, 0.25) is 5.91 Å². The van der Waals surface area contributed by atoms with Crippen LogP contribution in [0.25, 0.3) is 0 Å². The lowest BCUT2D eigenvalue weighted by Crippen LogP contribution is -2.41. The largest absolute Gasteiger partial charge is 0.383 e. The summed E-state index contributed by atoms with van der Waals surface area (Å²) in [7, 11) is 1.69. The molecule has 1 aliphatic heterocycles. The number of nitrogens with zero attached hydrogens (tertiary/aromatic N) is 2. The average molecular weight is 324 g/mol. The first-order valence-electron chi connectivity index (χ1n) is 8.23. The lowest BCUT2D eigenvalue weighted by Gasteiger charge is -2.26. The fourth-order valence-electron chi connectivity index (χ4n) is 2.84. The third-order valence-electron chi connectivity index (χ3n) is 4.12. The zero-order valence-corrected chi connectivity index (χ0v) is 14.7. The molecule has 1 aromatic heterocycles. The van der Waals surface area contributed by atoms with Crippen LogP contribution in [0.5, 0.6) is 0 Å². The van der Waals surface area contributed by atoms with E-state index in [0.29, 0.717) is 26.2 Å². The monoisotopic (exact) mass is 324 g/mol. The summed E-state index contributed by atoms with van der Waals surface area (Å²) in [4.78, 5) is 19.5. The van der Waals surface area contributed by atoms with Crippen LogP contribution in [0.2, 0.25) is 0 Å². The number of carbonyl (C=O) groups is 1. The number of aryl methyl sites for hydroxylation is 1. The summed E-state index contributed by atoms with van der Waals surface area (Å²) in [6, 6.07) is 4.24. The Bertz CT molecular complexity index is 453. The maximum Gasteiger partial charge on any atom is 0.237 e. The Hall–Kier alpha value is -0.910. The fraction of sp³-hybridized carbons (Fsp3) is 0.706. The van der Waals surface area contributed by atoms with E-state index in [9.17, 15) is 4.79 Å². The highest BCUT2D eigenvalue weighted by Crippen LogP contribution is 2.17. The minimum absolute atomic E-state index is 0.227. The van der Waals surface area contributed by atoms with E-state index in [1.807, 2.05) is 4.90 Å². The van der Waals surface area contributed by atoms with Gasteiger partial charge < -0.3 is 9.64 Å². The number of hydrogen-bond acceptors (Lipinski definition) is 4. The van der Waals surface area contributed by atoms with Gasteiger partial charge in [-0.15, -0.1) is 11.3 Å². The molecule has 1 fully saturated rings. The van der Waals surface area contributed by atoms with Crippen molar-refractivity contribution in [2.24, 2.45) is 0 Å². The van der Waals surface area contributed by atoms with Gasteiger partial charge in [-0.2, -0.15) is 0 Å². The van der Waals surface area contributed by atoms with Crippen LogP contribution in [-0.4, -0.2) is 55.6 Å². The van der Waals surface area contributed by atoms with Gasteiger partial charge in [0, 0.05) is 23.4 Å². The van der Waals surface area contributed by atoms with Gasteiger partial charge in [0.05, 0.1) is 19.7 Å². The van der Waals surface area contributed by atoms with E-state index in [0.717, 1.165) is 13.1 Å². The maximum atomic E-state index is 12.7. The van der Waals surface area contributed by atoms with E-state index in [1.54, 1.807) is 18.4 Å². The maximum absolute atomic E-state index is 12.7. The minimum Gasteiger partial charge on any atom is -0.383 e. The zero-order chi connectivity index (χ0) is 15.8. The Morgan fingerprint density at radius 1 is 1.27 bits per heavy atom. The normalized spacial score (nSPS) is 16.5. The predicted molar refractivity (Wildman–Crippen MR) is 91.3 cm³/mol. The summed E-state index contributed by atoms with van der Waals surface area (Å²) >= 11 is 1.77. The van der Waals surface area contributed by atoms with Crippen molar-refractivity contribution < 1.29 is 9.53 Å². The molecule has 1 saturated heterocycles. The van der Waals surface area contributed by atoms with Gasteiger partial charge in [0.1, 0.15) is 0 Å². The molecule has 1 aromatic rings. The van der Waals surface area contributed by atoms with Gasteiger partial charge in [-0.25, -0.2) is 0 Å². The molecule has 0 spiro atoms. The molecule has 5 heteroatoms. The van der Waals surface area contributed by atoms with Crippen LogP contribution in [0.15, 0.2) is 12.1 Å². The van der Waals surface area contributed by atoms with Crippen molar-refractivity contribution in [1.29, 1.82) is 0 Å². The molecular weight excluding hydrogens is 296 g/mol. The molecule has 0 unspecified atom stereocenters. The van der Waals surface area contributed by atoms with E-state index in [1.165, 1.54) is 35.4 Å². The number of amides is 1. The molecule has 0 bridgehead atoms. The molecule has 124 valence electrons. The number of methoxy groups -OCH3 is 1. The van der Waals surface area contributed by atoms with Crippen molar-refractivity contribution in [2.75, 3.05) is 39.9 Å². The number of carbonyl (C=O) groups excluding carboxylic acids is 1. The Morgan fingerprint density at radius 3 is 2.59 bits per heavy atom. The van der Waals surface area contributed by atoms with Crippen molar-refractivity contribution in [3.63, 3.8) is 0 Å². The summed E-state index contributed by atoms with van der Waals surface area (Å²) in [5.41, 5.74) is 0. The van der Waals surface area contributed by atoms with Crippen LogP contribution in [0.3, 0.4) is 0 Å². The summed E-state index contributed by atoms with van der Waals surface area (Å²) in [6.07, 6.45) is 5.03. The SMILES string of the molecule is COCCN(Cc1ccc(C)s1)C(=O)CN1CCCCCC1. The summed E-state index contributed by atoms with van der Waals surface area (Å²) in [5.74, 6) is 0.227. The van der Waals surface area contributed by atoms with Gasteiger partial charge >= 0.3 is 0 Å². The topological polar surface area (TPSA) is 32.8 Å². The van der Waals surface area contributed by atoms with Gasteiger partial charge in [0.25, 0.3) is 0 Å². The molecule has 1 amide bonds. The van der Waals surface area contributed by atoms with Crippen molar-refractivity contribution >= 4 is 17.2 Å². The second-order valence-corrected chi connectivity index (χ2v) is 7.38. The second kappa shape index (κ2) is 9.28. The number of hydrogen-bond donors (Lipinski definition) is 0. The predicted octanol–water partition coefficient (Wildman–Crippen LogP) is 2.91. The summed E-state index contributed by atoms with van der Waals surface area (Å²) in [5, 5.41) is 0. The molecule has 0 aliphatic carbocycles. The van der Waals surface area contributed by atoms with E-state index in [-0.39, 0.29) is 5.91 Å². The van der Waals surface area contributed by atoms with Crippen molar-refractivity contribution in [1.82, 2.24) is 9.80 Å². The number of thiophene rings is 1. The van der Waals surface area contributed by atoms with E-state index < -0.39 is 0 Å². The molecule has 2 heterocycles. The van der Waals surface area contributed by atoms with Crippen LogP contribution in [0, 0.1) is 6.92 Å². The Morgan fingerprint density at radius 2 is 2.00 bits per heavy atom. The molecular formula is C17H28N2O2S. The Kier molecular flexibility index (Phi) is 7.36. The van der Waals surface area contributed by atoms with E-state index in [4.69, 9.17) is 4.74 Å². The third-order valence-corrected chi connectivity index (χ3v) is 5.10. The molecule has 0 N–H and O–H groups in total. The summed E-state index contributed by atoms with van der Waals surface area (Å²) < 4.78 is 5.17. The number of rotatable bonds is 7. The molecule has 0 aromatic carbocycles. The second-order valence-electron chi connectivity index (χ2n) is 6.01. The van der Waals surface area contributed by atoms with E-state index >= 15 is 0 Å². The van der Waals surface area contributed by atoms with E-state index in [2.05, 4.69) is 24.0 Å². The molecule has 22 heavy (non-hydrogen) atoms. The standard InChI is InChI=1S/C17H28N2O2S/c1-15-7-8-16(22-15)13-19(11-12-21-2)17(20)14-18-9-5-3-4-6-10-18/h7-8H,3-6,9-14H2,1-2H3. The van der Waals surface area contributed by atoms with Crippen LogP contribution < -0.4 is 0 Å². The number of likely N-dealkylation sites (tertiary alicyclic amines) is 1. The first-order valence-corrected chi connectivity index (χ1v) is 9.05. The first-order chi connectivity index (χ1) is 10.7. The fourth-order valence-corrected chi connectivity index (χ4v) is 3.74. The molecule has 4 nitrogen and oxygen atoms in total. The Balaban J connectivity index is 1.92. The van der Waals surface area contributed by atoms with Crippen molar-refractivity contribution in [3.05, 3.63) is 21.9 Å². The van der Waals surface area contributed by atoms with Gasteiger partial charge in [0.15, 0.2) is 0 Å². The first kappa shape index (κ1) is 17.4. The quantitative estimate of drug-likeness (QED) is 0.773. The summed E-state index contributed by atoms with van der Waals surface area (Å²) in [6.45, 7) is 6.73. The molecule has 0 saturated carbocycles. The van der Waals surface area contributed by atoms with Crippen LogP contribution in [-0.2, 0) is 16.1 Å². The smallest absolute Gasteiger partial charge is 0.237 e. The molecule has 2 rings (SSSR count).